The SMILES string of the molecule is CC(C)c1cccc(C(C)C)c1N1C=[N+](c2c(C(C)C)cccc2C(C)C)C(C)C1C.F[B-](F)(F)F. The maximum Gasteiger partial charge on any atom is 0.673 e. The standard InChI is InChI=1S/C29H43N2.BF4/c1-18(2)24-13-11-14-25(19(3)4)28(24)30-17-31(23(10)22(30)9)29-26(20(5)6)15-12-16-27(29)21(7)8;2-1(3,4)5/h11-23H,1-10H3;/q+1;-1. The molecule has 2 aromatic rings. The lowest BCUT2D eigenvalue weighted by Gasteiger charge is -2.24. The van der Waals surface area contributed by atoms with Gasteiger partial charge in [-0.2, -0.15) is 0 Å². The Balaban J connectivity index is 0.000000830. The number of para-hydroxylation sites is 2. The highest BCUT2D eigenvalue weighted by molar-refractivity contribution is 6.50. The van der Waals surface area contributed by atoms with Crippen molar-refractivity contribution in [3.63, 3.8) is 0 Å². The van der Waals surface area contributed by atoms with Crippen molar-refractivity contribution in [1.82, 2.24) is 0 Å². The topological polar surface area (TPSA) is 6.25 Å². The van der Waals surface area contributed by atoms with E-state index in [-0.39, 0.29) is 0 Å². The molecule has 0 fully saturated rings. The van der Waals surface area contributed by atoms with E-state index in [1.165, 1.54) is 33.6 Å². The quantitative estimate of drug-likeness (QED) is 0.215. The van der Waals surface area contributed by atoms with E-state index in [9.17, 15) is 17.3 Å². The number of anilines is 1. The monoisotopic (exact) mass is 506 g/mol. The first-order chi connectivity index (χ1) is 16.6. The molecule has 0 saturated carbocycles. The maximum atomic E-state index is 9.75. The van der Waals surface area contributed by atoms with Gasteiger partial charge in [0.25, 0.3) is 0 Å². The molecule has 2 atom stereocenters. The van der Waals surface area contributed by atoms with Crippen LogP contribution in [0, 0.1) is 0 Å². The summed E-state index contributed by atoms with van der Waals surface area (Å²) in [5.41, 5.74) is 8.63. The zero-order chi connectivity index (χ0) is 27.5. The molecule has 200 valence electrons. The Morgan fingerprint density at radius 1 is 0.667 bits per heavy atom. The molecular formula is C29H43BF4N2. The van der Waals surface area contributed by atoms with Gasteiger partial charge in [-0.15, -0.1) is 0 Å². The van der Waals surface area contributed by atoms with Gasteiger partial charge in [0.1, 0.15) is 23.5 Å². The first kappa shape index (κ1) is 29.9. The second-order valence-electron chi connectivity index (χ2n) is 11.1. The van der Waals surface area contributed by atoms with Crippen LogP contribution >= 0.6 is 0 Å². The number of nitrogens with zero attached hydrogens (tertiary/aromatic N) is 2. The van der Waals surface area contributed by atoms with Gasteiger partial charge < -0.3 is 17.3 Å². The van der Waals surface area contributed by atoms with E-state index in [0.717, 1.165) is 0 Å². The number of hydrogen-bond donors (Lipinski definition) is 0. The highest BCUT2D eigenvalue weighted by Crippen LogP contribution is 2.41. The minimum absolute atomic E-state index is 0.401. The summed E-state index contributed by atoms with van der Waals surface area (Å²) >= 11 is 0. The lowest BCUT2D eigenvalue weighted by atomic mass is 9.91. The molecular weight excluding hydrogens is 463 g/mol. The second-order valence-corrected chi connectivity index (χ2v) is 11.1. The molecule has 1 aliphatic heterocycles. The molecule has 7 heteroatoms. The number of halogens is 4. The lowest BCUT2D eigenvalue weighted by Crippen LogP contribution is -2.35. The Hall–Kier alpha value is -2.31. The van der Waals surface area contributed by atoms with Crippen molar-refractivity contribution in [2.75, 3.05) is 4.90 Å². The van der Waals surface area contributed by atoms with Gasteiger partial charge in [-0.05, 0) is 37.5 Å². The van der Waals surface area contributed by atoms with E-state index < -0.39 is 7.25 Å². The molecule has 36 heavy (non-hydrogen) atoms. The number of rotatable bonds is 6. The van der Waals surface area contributed by atoms with E-state index in [1.807, 2.05) is 0 Å². The van der Waals surface area contributed by atoms with Crippen molar-refractivity contribution in [2.45, 2.75) is 105 Å². The van der Waals surface area contributed by atoms with Gasteiger partial charge in [-0.3, -0.25) is 0 Å². The fraction of sp³-hybridized carbons (Fsp3) is 0.552. The molecule has 0 bridgehead atoms. The Kier molecular flexibility index (Phi) is 9.83. The van der Waals surface area contributed by atoms with Gasteiger partial charge in [-0.25, -0.2) is 9.48 Å². The molecule has 0 aromatic heterocycles. The first-order valence-corrected chi connectivity index (χ1v) is 13.1. The Morgan fingerprint density at radius 2 is 1.00 bits per heavy atom. The smallest absolute Gasteiger partial charge is 0.418 e. The van der Waals surface area contributed by atoms with Crippen LogP contribution in [0.5, 0.6) is 0 Å². The van der Waals surface area contributed by atoms with Crippen LogP contribution in [0.15, 0.2) is 36.4 Å². The van der Waals surface area contributed by atoms with Crippen LogP contribution in [-0.2, 0) is 0 Å². The summed E-state index contributed by atoms with van der Waals surface area (Å²) in [7, 11) is -6.00. The van der Waals surface area contributed by atoms with Gasteiger partial charge >= 0.3 is 7.25 Å². The molecule has 0 saturated heterocycles. The van der Waals surface area contributed by atoms with Crippen LogP contribution in [0.25, 0.3) is 0 Å². The van der Waals surface area contributed by atoms with E-state index >= 15 is 0 Å². The molecule has 2 nitrogen and oxygen atoms in total. The Bertz CT molecular complexity index is 999. The third-order valence-corrected chi connectivity index (χ3v) is 7.03. The van der Waals surface area contributed by atoms with Crippen LogP contribution in [0.1, 0.15) is 115 Å². The molecule has 3 rings (SSSR count). The van der Waals surface area contributed by atoms with Gasteiger partial charge in [0.15, 0.2) is 0 Å². The van der Waals surface area contributed by atoms with Crippen molar-refractivity contribution < 1.29 is 21.8 Å². The Labute approximate surface area is 215 Å². The average molecular weight is 506 g/mol. The molecule has 0 amide bonds. The summed E-state index contributed by atoms with van der Waals surface area (Å²) in [4.78, 5) is 2.57. The summed E-state index contributed by atoms with van der Waals surface area (Å²) in [6, 6.07) is 14.6. The molecule has 1 heterocycles. The third kappa shape index (κ3) is 6.92. The highest BCUT2D eigenvalue weighted by atomic mass is 19.5. The minimum atomic E-state index is -6.00. The highest BCUT2D eigenvalue weighted by Gasteiger charge is 2.41. The van der Waals surface area contributed by atoms with Crippen molar-refractivity contribution in [1.29, 1.82) is 0 Å². The van der Waals surface area contributed by atoms with Gasteiger partial charge in [0.2, 0.25) is 6.34 Å². The molecule has 2 unspecified atom stereocenters. The Morgan fingerprint density at radius 3 is 1.33 bits per heavy atom. The molecule has 0 aliphatic carbocycles. The number of hydrogen-bond acceptors (Lipinski definition) is 1. The third-order valence-electron chi connectivity index (χ3n) is 7.03. The average Bonchev–Trinajstić information content (AvgIpc) is 3.05. The summed E-state index contributed by atoms with van der Waals surface area (Å²) in [5, 5.41) is 0. The summed E-state index contributed by atoms with van der Waals surface area (Å²) < 4.78 is 41.6. The van der Waals surface area contributed by atoms with Crippen LogP contribution in [0.3, 0.4) is 0 Å². The largest absolute Gasteiger partial charge is 0.673 e. The predicted molar refractivity (Wildman–Crippen MR) is 147 cm³/mol. The van der Waals surface area contributed by atoms with E-state index in [1.54, 1.807) is 0 Å². The van der Waals surface area contributed by atoms with Gasteiger partial charge in [0.05, 0.1) is 0 Å². The normalized spacial score (nSPS) is 18.3. The summed E-state index contributed by atoms with van der Waals surface area (Å²) in [6.07, 6.45) is 2.41. The van der Waals surface area contributed by atoms with Crippen LogP contribution in [0.4, 0.5) is 28.6 Å². The molecule has 0 radical (unpaired) electrons. The fourth-order valence-corrected chi connectivity index (χ4v) is 4.95. The maximum absolute atomic E-state index is 9.75. The van der Waals surface area contributed by atoms with Crippen molar-refractivity contribution >= 4 is 25.0 Å². The first-order valence-electron chi connectivity index (χ1n) is 13.1. The van der Waals surface area contributed by atoms with Gasteiger partial charge in [0, 0.05) is 22.3 Å². The molecule has 2 aromatic carbocycles. The van der Waals surface area contributed by atoms with Crippen molar-refractivity contribution in [3.8, 4) is 0 Å². The van der Waals surface area contributed by atoms with Gasteiger partial charge in [-0.1, -0.05) is 91.8 Å². The van der Waals surface area contributed by atoms with E-state index in [0.29, 0.717) is 35.8 Å². The lowest BCUT2D eigenvalue weighted by molar-refractivity contribution is -0.469. The van der Waals surface area contributed by atoms with Crippen molar-refractivity contribution in [2.24, 2.45) is 0 Å². The summed E-state index contributed by atoms with van der Waals surface area (Å²) in [5.74, 6) is 1.97. The molecule has 1 aliphatic rings. The number of benzene rings is 2. The van der Waals surface area contributed by atoms with Crippen LogP contribution in [-0.4, -0.2) is 30.3 Å². The second kappa shape index (κ2) is 11.8. The zero-order valence-corrected chi connectivity index (χ0v) is 23.5. The van der Waals surface area contributed by atoms with Crippen LogP contribution in [0.2, 0.25) is 0 Å². The zero-order valence-electron chi connectivity index (χ0n) is 23.5. The summed E-state index contributed by atoms with van der Waals surface area (Å²) in [6.45, 7) is 23.3. The fourth-order valence-electron chi connectivity index (χ4n) is 4.95. The van der Waals surface area contributed by atoms with Crippen LogP contribution < -0.4 is 4.90 Å². The molecule has 0 N–H and O–H groups in total. The molecule has 0 spiro atoms. The van der Waals surface area contributed by atoms with E-state index in [4.69, 9.17) is 0 Å². The van der Waals surface area contributed by atoms with Crippen molar-refractivity contribution in [3.05, 3.63) is 58.7 Å². The van der Waals surface area contributed by atoms with E-state index in [2.05, 4.69) is 121 Å². The predicted octanol–water partition coefficient (Wildman–Crippen LogP) is 9.45. The minimum Gasteiger partial charge on any atom is -0.418 e.